The smallest absolute Gasteiger partial charge is 0.167 e. The highest BCUT2D eigenvalue weighted by atomic mass is 19.1. The zero-order chi connectivity index (χ0) is 14.8. The maximum atomic E-state index is 13.8. The molecule has 20 heavy (non-hydrogen) atoms. The third-order valence-corrected chi connectivity index (χ3v) is 4.00. The number of anilines is 2. The van der Waals surface area contributed by atoms with Crippen LogP contribution in [0.1, 0.15) is 40.0 Å². The van der Waals surface area contributed by atoms with Crippen molar-refractivity contribution in [3.63, 3.8) is 0 Å². The van der Waals surface area contributed by atoms with E-state index in [1.807, 2.05) is 6.92 Å². The number of piperidine rings is 1. The second-order valence-electron chi connectivity index (χ2n) is 6.34. The first kappa shape index (κ1) is 14.9. The summed E-state index contributed by atoms with van der Waals surface area (Å²) in [4.78, 5) is 2.23. The maximum Gasteiger partial charge on any atom is 0.167 e. The Balaban J connectivity index is 2.19. The topological polar surface area (TPSA) is 38.5 Å². The lowest BCUT2D eigenvalue weighted by atomic mass is 9.82. The van der Waals surface area contributed by atoms with Crippen LogP contribution in [0.15, 0.2) is 12.1 Å². The van der Waals surface area contributed by atoms with Crippen LogP contribution in [-0.4, -0.2) is 19.7 Å². The molecule has 0 spiro atoms. The molecular weight excluding hydrogens is 255 g/mol. The van der Waals surface area contributed by atoms with Gasteiger partial charge in [0.05, 0.1) is 18.0 Å². The Bertz CT molecular complexity index is 464. The van der Waals surface area contributed by atoms with Crippen LogP contribution in [-0.2, 0) is 0 Å². The lowest BCUT2D eigenvalue weighted by molar-refractivity contribution is 0.279. The summed E-state index contributed by atoms with van der Waals surface area (Å²) in [6.07, 6.45) is 3.10. The predicted octanol–water partition coefficient (Wildman–Crippen LogP) is 3.82. The second-order valence-corrected chi connectivity index (χ2v) is 6.34. The molecule has 0 bridgehead atoms. The molecule has 0 saturated carbocycles. The Kier molecular flexibility index (Phi) is 4.41. The normalized spacial score (nSPS) is 18.1. The van der Waals surface area contributed by atoms with E-state index in [-0.39, 0.29) is 5.82 Å². The highest BCUT2D eigenvalue weighted by molar-refractivity contribution is 5.70. The molecule has 0 aromatic heterocycles. The molecule has 1 aliphatic rings. The van der Waals surface area contributed by atoms with Gasteiger partial charge in [-0.15, -0.1) is 0 Å². The molecule has 2 N–H and O–H groups in total. The Labute approximate surface area is 120 Å². The van der Waals surface area contributed by atoms with Gasteiger partial charge in [-0.1, -0.05) is 20.8 Å². The standard InChI is InChI=1S/C16H25FN2O/c1-4-9-20-15-11-14(13(18)10-12(15)17)19-7-5-16(2,3)6-8-19/h10-11H,4-9,18H2,1-3H3. The minimum absolute atomic E-state index is 0.306. The first-order valence-electron chi connectivity index (χ1n) is 7.40. The molecule has 1 aromatic rings. The van der Waals surface area contributed by atoms with Gasteiger partial charge >= 0.3 is 0 Å². The number of ether oxygens (including phenoxy) is 1. The number of benzene rings is 1. The summed E-state index contributed by atoms with van der Waals surface area (Å²) in [5.41, 5.74) is 7.75. The average Bonchev–Trinajstić information content (AvgIpc) is 2.38. The number of hydrogen-bond donors (Lipinski definition) is 1. The van der Waals surface area contributed by atoms with E-state index in [1.165, 1.54) is 6.07 Å². The maximum absolute atomic E-state index is 13.8. The van der Waals surface area contributed by atoms with Crippen LogP contribution < -0.4 is 15.4 Å². The van der Waals surface area contributed by atoms with Crippen molar-refractivity contribution in [2.45, 2.75) is 40.0 Å². The van der Waals surface area contributed by atoms with Crippen molar-refractivity contribution in [1.29, 1.82) is 0 Å². The summed E-state index contributed by atoms with van der Waals surface area (Å²) in [6.45, 7) is 9.00. The molecule has 1 aliphatic heterocycles. The quantitative estimate of drug-likeness (QED) is 0.852. The number of nitrogen functional groups attached to an aromatic ring is 1. The summed E-state index contributed by atoms with van der Waals surface area (Å²) in [5.74, 6) is -0.0714. The first-order valence-corrected chi connectivity index (χ1v) is 7.40. The van der Waals surface area contributed by atoms with E-state index in [4.69, 9.17) is 10.5 Å². The number of nitrogens with zero attached hydrogens (tertiary/aromatic N) is 1. The molecule has 0 atom stereocenters. The number of hydrogen-bond acceptors (Lipinski definition) is 3. The van der Waals surface area contributed by atoms with Crippen LogP contribution in [0.4, 0.5) is 15.8 Å². The molecule has 3 nitrogen and oxygen atoms in total. The van der Waals surface area contributed by atoms with Crippen LogP contribution in [0.3, 0.4) is 0 Å². The molecule has 0 radical (unpaired) electrons. The zero-order valence-corrected chi connectivity index (χ0v) is 12.7. The van der Waals surface area contributed by atoms with Gasteiger partial charge in [0, 0.05) is 25.2 Å². The van der Waals surface area contributed by atoms with E-state index in [9.17, 15) is 4.39 Å². The van der Waals surface area contributed by atoms with Gasteiger partial charge in [0.1, 0.15) is 0 Å². The monoisotopic (exact) mass is 280 g/mol. The van der Waals surface area contributed by atoms with Crippen molar-refractivity contribution in [2.24, 2.45) is 5.41 Å². The van der Waals surface area contributed by atoms with E-state index in [0.29, 0.717) is 23.5 Å². The van der Waals surface area contributed by atoms with Crippen molar-refractivity contribution in [3.8, 4) is 5.75 Å². The van der Waals surface area contributed by atoms with Gasteiger partial charge in [-0.3, -0.25) is 0 Å². The van der Waals surface area contributed by atoms with E-state index < -0.39 is 0 Å². The molecule has 0 unspecified atom stereocenters. The molecular formula is C16H25FN2O. The lowest BCUT2D eigenvalue weighted by Crippen LogP contribution is -2.37. The van der Waals surface area contributed by atoms with Gasteiger partial charge < -0.3 is 15.4 Å². The van der Waals surface area contributed by atoms with Crippen molar-refractivity contribution in [2.75, 3.05) is 30.3 Å². The fraction of sp³-hybridized carbons (Fsp3) is 0.625. The third-order valence-electron chi connectivity index (χ3n) is 4.00. The molecule has 1 heterocycles. The van der Waals surface area contributed by atoms with Gasteiger partial charge in [-0.2, -0.15) is 0 Å². The number of halogens is 1. The highest BCUT2D eigenvalue weighted by Gasteiger charge is 2.26. The summed E-state index contributed by atoms with van der Waals surface area (Å²) >= 11 is 0. The van der Waals surface area contributed by atoms with Gasteiger partial charge in [0.25, 0.3) is 0 Å². The average molecular weight is 280 g/mol. The summed E-state index contributed by atoms with van der Waals surface area (Å²) < 4.78 is 19.3. The predicted molar refractivity (Wildman–Crippen MR) is 81.8 cm³/mol. The molecule has 0 amide bonds. The Hall–Kier alpha value is -1.45. The first-order chi connectivity index (χ1) is 9.43. The largest absolute Gasteiger partial charge is 0.490 e. The summed E-state index contributed by atoms with van der Waals surface area (Å²) in [5, 5.41) is 0. The van der Waals surface area contributed by atoms with Crippen LogP contribution in [0.5, 0.6) is 5.75 Å². The van der Waals surface area contributed by atoms with Crippen LogP contribution in [0.2, 0.25) is 0 Å². The molecule has 1 saturated heterocycles. The Morgan fingerprint density at radius 1 is 1.30 bits per heavy atom. The van der Waals surface area contributed by atoms with Gasteiger partial charge in [-0.05, 0) is 24.7 Å². The van der Waals surface area contributed by atoms with E-state index in [0.717, 1.165) is 38.0 Å². The van der Waals surface area contributed by atoms with Crippen molar-refractivity contribution < 1.29 is 9.13 Å². The molecule has 4 heteroatoms. The van der Waals surface area contributed by atoms with Crippen molar-refractivity contribution in [3.05, 3.63) is 17.9 Å². The van der Waals surface area contributed by atoms with Crippen LogP contribution in [0.25, 0.3) is 0 Å². The Morgan fingerprint density at radius 3 is 2.55 bits per heavy atom. The van der Waals surface area contributed by atoms with Crippen molar-refractivity contribution >= 4 is 11.4 Å². The fourth-order valence-electron chi connectivity index (χ4n) is 2.51. The van der Waals surface area contributed by atoms with Gasteiger partial charge in [-0.25, -0.2) is 4.39 Å². The Morgan fingerprint density at radius 2 is 1.95 bits per heavy atom. The summed E-state index contributed by atoms with van der Waals surface area (Å²) in [7, 11) is 0. The van der Waals surface area contributed by atoms with E-state index >= 15 is 0 Å². The van der Waals surface area contributed by atoms with Crippen LogP contribution >= 0.6 is 0 Å². The van der Waals surface area contributed by atoms with E-state index in [1.54, 1.807) is 6.07 Å². The second kappa shape index (κ2) is 5.90. The highest BCUT2D eigenvalue weighted by Crippen LogP contribution is 2.36. The lowest BCUT2D eigenvalue weighted by Gasteiger charge is -2.38. The third kappa shape index (κ3) is 3.35. The van der Waals surface area contributed by atoms with Gasteiger partial charge in [0.15, 0.2) is 11.6 Å². The van der Waals surface area contributed by atoms with E-state index in [2.05, 4.69) is 18.7 Å². The zero-order valence-electron chi connectivity index (χ0n) is 12.7. The minimum atomic E-state index is -0.378. The number of rotatable bonds is 4. The minimum Gasteiger partial charge on any atom is -0.490 e. The van der Waals surface area contributed by atoms with Gasteiger partial charge in [0.2, 0.25) is 0 Å². The molecule has 2 rings (SSSR count). The molecule has 112 valence electrons. The summed E-state index contributed by atoms with van der Waals surface area (Å²) in [6, 6.07) is 3.12. The van der Waals surface area contributed by atoms with Crippen LogP contribution in [0, 0.1) is 11.2 Å². The molecule has 0 aliphatic carbocycles. The molecule has 1 fully saturated rings. The van der Waals surface area contributed by atoms with Crippen molar-refractivity contribution in [1.82, 2.24) is 0 Å². The fourth-order valence-corrected chi connectivity index (χ4v) is 2.51. The SMILES string of the molecule is CCCOc1cc(N2CCC(C)(C)CC2)c(N)cc1F. The molecule has 1 aromatic carbocycles. The number of nitrogens with two attached hydrogens (primary N) is 1.